The molecule has 0 N–H and O–H groups in total. The first-order valence-electron chi connectivity index (χ1n) is 6.73. The first-order valence-corrected chi connectivity index (χ1v) is 7.50. The Morgan fingerprint density at radius 3 is 2.57 bits per heavy atom. The summed E-state index contributed by atoms with van der Waals surface area (Å²) in [6.07, 6.45) is 11.6. The van der Waals surface area contributed by atoms with Gasteiger partial charge in [0.05, 0.1) is 32.1 Å². The summed E-state index contributed by atoms with van der Waals surface area (Å²) in [6, 6.07) is -0.0874. The van der Waals surface area contributed by atoms with E-state index in [9.17, 15) is 4.79 Å². The average molecular weight is 302 g/mol. The van der Waals surface area contributed by atoms with Crippen molar-refractivity contribution in [2.45, 2.75) is 20.3 Å². The van der Waals surface area contributed by atoms with E-state index in [-0.39, 0.29) is 12.6 Å². The molecule has 1 aliphatic rings. The Balaban J connectivity index is 2.31. The second kappa shape index (κ2) is 6.62. The third-order valence-corrected chi connectivity index (χ3v) is 4.40. The standard InChI is InChI=1S/C15H18N4OS/c1-5-8-17-10-18(9-6-2)15(20)19(11-17)14-12(4)13(7-3)16-21-14/h1-2H,7-11H2,3-4H3. The SMILES string of the molecule is C#CCN1CN(CC#C)C(=O)N(c2snc(CC)c2C)C1. The monoisotopic (exact) mass is 302 g/mol. The minimum absolute atomic E-state index is 0.0874. The molecule has 0 unspecified atom stereocenters. The summed E-state index contributed by atoms with van der Waals surface area (Å²) in [6.45, 7) is 5.73. The van der Waals surface area contributed by atoms with Crippen molar-refractivity contribution in [3.05, 3.63) is 11.3 Å². The summed E-state index contributed by atoms with van der Waals surface area (Å²) >= 11 is 1.35. The highest BCUT2D eigenvalue weighted by molar-refractivity contribution is 7.10. The van der Waals surface area contributed by atoms with Gasteiger partial charge in [0.1, 0.15) is 5.00 Å². The lowest BCUT2D eigenvalue weighted by Gasteiger charge is -2.40. The molecule has 0 radical (unpaired) electrons. The lowest BCUT2D eigenvalue weighted by Crippen LogP contribution is -2.58. The lowest BCUT2D eigenvalue weighted by molar-refractivity contribution is 0.133. The molecule has 2 rings (SSSR count). The summed E-state index contributed by atoms with van der Waals surface area (Å²) < 4.78 is 4.42. The molecule has 1 saturated heterocycles. The predicted octanol–water partition coefficient (Wildman–Crippen LogP) is 1.74. The molecule has 0 aromatic carbocycles. The van der Waals surface area contributed by atoms with Gasteiger partial charge in [-0.1, -0.05) is 18.8 Å². The Bertz CT molecular complexity index is 610. The van der Waals surface area contributed by atoms with Gasteiger partial charge in [0.15, 0.2) is 0 Å². The van der Waals surface area contributed by atoms with Crippen LogP contribution in [0.3, 0.4) is 0 Å². The Morgan fingerprint density at radius 2 is 2.00 bits per heavy atom. The van der Waals surface area contributed by atoms with Crippen molar-refractivity contribution in [2.24, 2.45) is 0 Å². The first-order chi connectivity index (χ1) is 10.1. The maximum Gasteiger partial charge on any atom is 0.328 e. The lowest BCUT2D eigenvalue weighted by atomic mass is 10.2. The van der Waals surface area contributed by atoms with Crippen LogP contribution in [0.15, 0.2) is 0 Å². The van der Waals surface area contributed by atoms with Crippen LogP contribution >= 0.6 is 11.5 Å². The van der Waals surface area contributed by atoms with E-state index in [1.807, 2.05) is 11.8 Å². The van der Waals surface area contributed by atoms with E-state index in [2.05, 4.69) is 23.1 Å². The summed E-state index contributed by atoms with van der Waals surface area (Å²) in [4.78, 5) is 17.9. The molecule has 1 aromatic heterocycles. The molecular weight excluding hydrogens is 284 g/mol. The number of amides is 2. The van der Waals surface area contributed by atoms with Crippen LogP contribution in [0.2, 0.25) is 0 Å². The fourth-order valence-corrected chi connectivity index (χ4v) is 3.28. The summed E-state index contributed by atoms with van der Waals surface area (Å²) in [5.74, 6) is 5.14. The van der Waals surface area contributed by atoms with Gasteiger partial charge in [-0.25, -0.2) is 4.79 Å². The van der Waals surface area contributed by atoms with Crippen molar-refractivity contribution in [2.75, 3.05) is 31.3 Å². The molecular formula is C15H18N4OS. The molecule has 2 heterocycles. The van der Waals surface area contributed by atoms with E-state index >= 15 is 0 Å². The number of hydrogen-bond donors (Lipinski definition) is 0. The van der Waals surface area contributed by atoms with E-state index < -0.39 is 0 Å². The van der Waals surface area contributed by atoms with Gasteiger partial charge in [0, 0.05) is 5.56 Å². The van der Waals surface area contributed by atoms with Crippen LogP contribution in [0.1, 0.15) is 18.2 Å². The van der Waals surface area contributed by atoms with Gasteiger partial charge in [-0.2, -0.15) is 4.37 Å². The van der Waals surface area contributed by atoms with E-state index in [1.165, 1.54) is 11.5 Å². The molecule has 0 atom stereocenters. The molecule has 1 fully saturated rings. The van der Waals surface area contributed by atoms with E-state index in [1.54, 1.807) is 9.80 Å². The van der Waals surface area contributed by atoms with Crippen molar-refractivity contribution in [3.8, 4) is 24.7 Å². The highest BCUT2D eigenvalue weighted by Gasteiger charge is 2.32. The number of carbonyl (C=O) groups excluding carboxylic acids is 1. The van der Waals surface area contributed by atoms with Crippen LogP contribution in [-0.4, -0.2) is 46.6 Å². The van der Waals surface area contributed by atoms with Gasteiger partial charge in [-0.3, -0.25) is 9.80 Å². The molecule has 0 aliphatic carbocycles. The highest BCUT2D eigenvalue weighted by atomic mass is 32.1. The number of carbonyl (C=O) groups is 1. The third-order valence-electron chi connectivity index (χ3n) is 3.39. The predicted molar refractivity (Wildman–Crippen MR) is 84.9 cm³/mol. The van der Waals surface area contributed by atoms with E-state index in [0.717, 1.165) is 22.7 Å². The number of terminal acetylenes is 2. The van der Waals surface area contributed by atoms with Gasteiger partial charge in [-0.15, -0.1) is 12.8 Å². The quantitative estimate of drug-likeness (QED) is 0.795. The molecule has 5 nitrogen and oxygen atoms in total. The fraction of sp³-hybridized carbons (Fsp3) is 0.467. The minimum Gasteiger partial charge on any atom is -0.300 e. The largest absolute Gasteiger partial charge is 0.328 e. The van der Waals surface area contributed by atoms with Crippen LogP contribution < -0.4 is 4.90 Å². The third kappa shape index (κ3) is 3.02. The van der Waals surface area contributed by atoms with E-state index in [4.69, 9.17) is 12.8 Å². The van der Waals surface area contributed by atoms with Gasteiger partial charge >= 0.3 is 6.03 Å². The molecule has 1 aliphatic heterocycles. The van der Waals surface area contributed by atoms with Crippen molar-refractivity contribution in [1.82, 2.24) is 14.2 Å². The maximum absolute atomic E-state index is 12.6. The van der Waals surface area contributed by atoms with Crippen LogP contribution in [0, 0.1) is 31.6 Å². The summed E-state index contributed by atoms with van der Waals surface area (Å²) in [5, 5.41) is 0.876. The van der Waals surface area contributed by atoms with Crippen molar-refractivity contribution in [1.29, 1.82) is 0 Å². The molecule has 0 saturated carbocycles. The molecule has 21 heavy (non-hydrogen) atoms. The smallest absolute Gasteiger partial charge is 0.300 e. The average Bonchev–Trinajstić information content (AvgIpc) is 2.83. The summed E-state index contributed by atoms with van der Waals surface area (Å²) in [7, 11) is 0. The number of anilines is 1. The number of nitrogens with zero attached hydrogens (tertiary/aromatic N) is 4. The topological polar surface area (TPSA) is 39.7 Å². The van der Waals surface area contributed by atoms with E-state index in [0.29, 0.717) is 19.9 Å². The van der Waals surface area contributed by atoms with Crippen molar-refractivity contribution in [3.63, 3.8) is 0 Å². The number of aromatic nitrogens is 1. The zero-order valence-electron chi connectivity index (χ0n) is 12.3. The fourth-order valence-electron chi connectivity index (χ4n) is 2.33. The Labute approximate surface area is 129 Å². The number of hydrogen-bond acceptors (Lipinski definition) is 4. The van der Waals surface area contributed by atoms with Gasteiger partial charge in [0.25, 0.3) is 0 Å². The zero-order chi connectivity index (χ0) is 15.4. The number of aryl methyl sites for hydroxylation is 1. The Morgan fingerprint density at radius 1 is 1.29 bits per heavy atom. The number of urea groups is 1. The minimum atomic E-state index is -0.0874. The molecule has 6 heteroatoms. The molecule has 0 spiro atoms. The maximum atomic E-state index is 12.6. The Kier molecular flexibility index (Phi) is 4.85. The summed E-state index contributed by atoms with van der Waals surface area (Å²) in [5.41, 5.74) is 2.08. The highest BCUT2D eigenvalue weighted by Crippen LogP contribution is 2.30. The van der Waals surface area contributed by atoms with Crippen LogP contribution in [0.4, 0.5) is 9.80 Å². The zero-order valence-corrected chi connectivity index (χ0v) is 13.1. The Hall–Kier alpha value is -2.02. The van der Waals surface area contributed by atoms with Gasteiger partial charge in [0.2, 0.25) is 0 Å². The van der Waals surface area contributed by atoms with Crippen molar-refractivity contribution < 1.29 is 4.79 Å². The van der Waals surface area contributed by atoms with Crippen molar-refractivity contribution >= 4 is 22.6 Å². The molecule has 0 bridgehead atoms. The normalized spacial score (nSPS) is 15.9. The van der Waals surface area contributed by atoms with Gasteiger partial charge in [-0.05, 0) is 24.9 Å². The molecule has 1 aromatic rings. The first kappa shape index (κ1) is 15.4. The van der Waals surface area contributed by atoms with Crippen LogP contribution in [0.25, 0.3) is 0 Å². The molecule has 2 amide bonds. The second-order valence-electron chi connectivity index (χ2n) is 4.84. The van der Waals surface area contributed by atoms with Crippen LogP contribution in [0.5, 0.6) is 0 Å². The van der Waals surface area contributed by atoms with Gasteiger partial charge < -0.3 is 4.90 Å². The molecule has 110 valence electrons. The van der Waals surface area contributed by atoms with Crippen LogP contribution in [-0.2, 0) is 6.42 Å². The second-order valence-corrected chi connectivity index (χ2v) is 5.59. The number of rotatable bonds is 4.